The highest BCUT2D eigenvalue weighted by atomic mass is 33.1. The molecule has 40 heavy (non-hydrogen) atoms. The first-order valence-corrected chi connectivity index (χ1v) is 13.2. The van der Waals surface area contributed by atoms with Gasteiger partial charge in [0.1, 0.15) is 11.6 Å². The molecule has 0 saturated heterocycles. The fourth-order valence-electron chi connectivity index (χ4n) is 3.49. The van der Waals surface area contributed by atoms with E-state index in [1.165, 1.54) is 36.4 Å². The van der Waals surface area contributed by atoms with Crippen LogP contribution >= 0.6 is 21.6 Å². The Morgan fingerprint density at radius 1 is 0.650 bits per heavy atom. The van der Waals surface area contributed by atoms with Crippen LogP contribution in [0.4, 0.5) is 51.7 Å². The number of benzene rings is 4. The van der Waals surface area contributed by atoms with Crippen molar-refractivity contribution < 1.29 is 37.4 Å². The van der Waals surface area contributed by atoms with Crippen molar-refractivity contribution in [1.82, 2.24) is 0 Å². The van der Waals surface area contributed by atoms with Crippen molar-refractivity contribution in [3.05, 3.63) is 95.1 Å². The maximum absolute atomic E-state index is 15.2. The summed E-state index contributed by atoms with van der Waals surface area (Å²) in [6, 6.07) is 12.5. The highest BCUT2D eigenvalue weighted by Gasteiger charge is 2.25. The Kier molecular flexibility index (Phi) is 8.30. The zero-order valence-corrected chi connectivity index (χ0v) is 21.6. The lowest BCUT2D eigenvalue weighted by Gasteiger charge is -2.17. The second-order valence-corrected chi connectivity index (χ2v) is 10.2. The molecule has 0 aliphatic heterocycles. The summed E-state index contributed by atoms with van der Waals surface area (Å²) >= 11 is 0. The summed E-state index contributed by atoms with van der Waals surface area (Å²) in [6.07, 6.45) is 0. The minimum Gasteiger partial charge on any atom is -0.478 e. The molecule has 0 saturated carbocycles. The Morgan fingerprint density at radius 3 is 1.32 bits per heavy atom. The number of rotatable bonds is 9. The number of hydrogen-bond acceptors (Lipinski definition) is 8. The molecule has 4 aromatic carbocycles. The molecule has 4 aromatic rings. The van der Waals surface area contributed by atoms with Crippen LogP contribution in [-0.4, -0.2) is 22.2 Å². The Bertz CT molecular complexity index is 1540. The number of aromatic carboxylic acids is 2. The van der Waals surface area contributed by atoms with Gasteiger partial charge >= 0.3 is 11.9 Å². The number of nitrogen functional groups attached to an aromatic ring is 2. The van der Waals surface area contributed by atoms with E-state index >= 15 is 8.78 Å². The van der Waals surface area contributed by atoms with Gasteiger partial charge in [-0.15, -0.1) is 0 Å². The minimum absolute atomic E-state index is 0.107. The van der Waals surface area contributed by atoms with Crippen LogP contribution in [0.25, 0.3) is 0 Å². The number of para-hydroxylation sites is 2. The Hall–Kier alpha value is -4.56. The second-order valence-electron chi connectivity index (χ2n) is 8.04. The topological polar surface area (TPSA) is 151 Å². The smallest absolute Gasteiger partial charge is 0.337 e. The van der Waals surface area contributed by atoms with Crippen molar-refractivity contribution in [1.29, 1.82) is 0 Å². The SMILES string of the molecule is Nc1c(SSc2cc(C(=O)O)c(Nc3ccccc3F)c(F)c2N)cc(C(=O)O)c(Nc2ccccc2F)c1F. The molecule has 4 rings (SSSR count). The molecule has 0 spiro atoms. The lowest BCUT2D eigenvalue weighted by atomic mass is 10.1. The Labute approximate surface area is 231 Å². The van der Waals surface area contributed by atoms with Crippen LogP contribution in [0.5, 0.6) is 0 Å². The van der Waals surface area contributed by atoms with Gasteiger partial charge in [-0.05, 0) is 36.4 Å². The van der Waals surface area contributed by atoms with E-state index < -0.39 is 69.1 Å². The maximum atomic E-state index is 15.2. The second kappa shape index (κ2) is 11.7. The van der Waals surface area contributed by atoms with Gasteiger partial charge in [0.2, 0.25) is 0 Å². The number of halogens is 4. The lowest BCUT2D eigenvalue weighted by Crippen LogP contribution is -2.09. The summed E-state index contributed by atoms with van der Waals surface area (Å²) in [7, 11) is 1.37. The van der Waals surface area contributed by atoms with Crippen LogP contribution in [-0.2, 0) is 0 Å². The average molecular weight is 591 g/mol. The number of hydrogen-bond donors (Lipinski definition) is 6. The molecular formula is C26H18F4N4O4S2. The molecule has 0 bridgehead atoms. The molecule has 0 fully saturated rings. The third kappa shape index (κ3) is 5.72. The van der Waals surface area contributed by atoms with Gasteiger partial charge < -0.3 is 32.3 Å². The van der Waals surface area contributed by atoms with Gasteiger partial charge in [0.25, 0.3) is 0 Å². The van der Waals surface area contributed by atoms with Gasteiger partial charge in [0.15, 0.2) is 11.6 Å². The summed E-state index contributed by atoms with van der Waals surface area (Å²) in [6.45, 7) is 0. The van der Waals surface area contributed by atoms with E-state index in [4.69, 9.17) is 11.5 Å². The van der Waals surface area contributed by atoms with Crippen LogP contribution in [0.3, 0.4) is 0 Å². The van der Waals surface area contributed by atoms with Crippen molar-refractivity contribution in [2.45, 2.75) is 9.79 Å². The van der Waals surface area contributed by atoms with E-state index in [0.29, 0.717) is 21.6 Å². The lowest BCUT2D eigenvalue weighted by molar-refractivity contribution is 0.0686. The molecule has 0 unspecified atom stereocenters. The quantitative estimate of drug-likeness (QED) is 0.0677. The van der Waals surface area contributed by atoms with Crippen LogP contribution in [0.2, 0.25) is 0 Å². The van der Waals surface area contributed by atoms with Gasteiger partial charge in [-0.3, -0.25) is 0 Å². The number of nitrogens with two attached hydrogens (primary N) is 2. The fraction of sp³-hybridized carbons (Fsp3) is 0. The predicted molar refractivity (Wildman–Crippen MR) is 147 cm³/mol. The van der Waals surface area contributed by atoms with E-state index in [-0.39, 0.29) is 21.2 Å². The number of nitrogens with one attached hydrogen (secondary N) is 2. The van der Waals surface area contributed by atoms with Crippen LogP contribution in [0.15, 0.2) is 70.5 Å². The molecular weight excluding hydrogens is 572 g/mol. The zero-order chi connectivity index (χ0) is 29.1. The number of carboxylic acids is 2. The van der Waals surface area contributed by atoms with E-state index in [2.05, 4.69) is 10.6 Å². The van der Waals surface area contributed by atoms with E-state index in [9.17, 15) is 28.6 Å². The van der Waals surface area contributed by atoms with E-state index in [1.54, 1.807) is 0 Å². The van der Waals surface area contributed by atoms with Gasteiger partial charge in [-0.25, -0.2) is 27.2 Å². The van der Waals surface area contributed by atoms with Gasteiger partial charge in [-0.1, -0.05) is 45.9 Å². The molecule has 0 amide bonds. The van der Waals surface area contributed by atoms with E-state index in [1.807, 2.05) is 0 Å². The molecule has 0 atom stereocenters. The monoisotopic (exact) mass is 590 g/mol. The van der Waals surface area contributed by atoms with Crippen LogP contribution in [0, 0.1) is 23.3 Å². The Morgan fingerprint density at radius 2 is 1.00 bits per heavy atom. The Balaban J connectivity index is 1.68. The highest BCUT2D eigenvalue weighted by Crippen LogP contribution is 2.47. The van der Waals surface area contributed by atoms with Crippen LogP contribution < -0.4 is 22.1 Å². The van der Waals surface area contributed by atoms with Gasteiger partial charge in [-0.2, -0.15) is 0 Å². The molecule has 0 heterocycles. The largest absolute Gasteiger partial charge is 0.478 e. The van der Waals surface area contributed by atoms with Crippen molar-refractivity contribution in [3.8, 4) is 0 Å². The molecule has 14 heteroatoms. The first-order valence-electron chi connectivity index (χ1n) is 11.1. The highest BCUT2D eigenvalue weighted by molar-refractivity contribution is 8.76. The minimum atomic E-state index is -1.55. The van der Waals surface area contributed by atoms with Crippen molar-refractivity contribution in [2.75, 3.05) is 22.1 Å². The average Bonchev–Trinajstić information content (AvgIpc) is 2.91. The maximum Gasteiger partial charge on any atom is 0.337 e. The molecule has 8 nitrogen and oxygen atoms in total. The molecule has 0 aliphatic rings. The summed E-state index contributed by atoms with van der Waals surface area (Å²) in [5.41, 5.74) is 8.11. The third-order valence-electron chi connectivity index (χ3n) is 5.48. The first kappa shape index (κ1) is 28.4. The van der Waals surface area contributed by atoms with Gasteiger partial charge in [0, 0.05) is 9.79 Å². The molecule has 8 N–H and O–H groups in total. The fourth-order valence-corrected chi connectivity index (χ4v) is 5.72. The standard InChI is InChI=1S/C26H18F4N4O4S2/c27-13-5-1-3-7-15(13)33-23-11(25(35)36)9-17(21(31)19(23)29)39-40-18-10-12(26(37)38)24(20(30)22(18)32)34-16-8-4-2-6-14(16)28/h1-10,33-34H,31-32H2,(H,35,36)(H,37,38). The molecule has 0 aromatic heterocycles. The molecule has 0 radical (unpaired) electrons. The van der Waals surface area contributed by atoms with Crippen LogP contribution in [0.1, 0.15) is 20.7 Å². The first-order chi connectivity index (χ1) is 19.0. The number of carbonyl (C=O) groups is 2. The zero-order valence-electron chi connectivity index (χ0n) is 20.0. The van der Waals surface area contributed by atoms with Crippen molar-refractivity contribution in [3.63, 3.8) is 0 Å². The molecule has 0 aliphatic carbocycles. The summed E-state index contributed by atoms with van der Waals surface area (Å²) in [4.78, 5) is 23.6. The number of carboxylic acid groups (broad SMARTS) is 2. The number of anilines is 6. The van der Waals surface area contributed by atoms with Crippen molar-refractivity contribution in [2.24, 2.45) is 0 Å². The molecule has 206 valence electrons. The summed E-state index contributed by atoms with van der Waals surface area (Å²) in [5, 5.41) is 24.1. The van der Waals surface area contributed by atoms with Gasteiger partial charge in [0.05, 0.1) is 45.3 Å². The third-order valence-corrected chi connectivity index (χ3v) is 7.93. The van der Waals surface area contributed by atoms with E-state index in [0.717, 1.165) is 24.3 Å². The van der Waals surface area contributed by atoms with Crippen molar-refractivity contribution >= 4 is 67.7 Å². The predicted octanol–water partition coefficient (Wildman–Crippen LogP) is 7.09. The summed E-state index contributed by atoms with van der Waals surface area (Å²) < 4.78 is 58.6. The normalized spacial score (nSPS) is 10.8. The summed E-state index contributed by atoms with van der Waals surface area (Å²) in [5.74, 6) is -6.98.